The van der Waals surface area contributed by atoms with Gasteiger partial charge in [-0.25, -0.2) is 4.39 Å². The first-order valence-electron chi connectivity index (χ1n) is 6.08. The lowest BCUT2D eigenvalue weighted by Crippen LogP contribution is -2.09. The van der Waals surface area contributed by atoms with E-state index in [2.05, 4.69) is 0 Å². The van der Waals surface area contributed by atoms with Crippen molar-refractivity contribution in [1.82, 2.24) is 0 Å². The number of aliphatic hydroxyl groups excluding tert-OH is 1. The molecule has 0 saturated carbocycles. The molecule has 0 heterocycles. The predicted molar refractivity (Wildman–Crippen MR) is 71.0 cm³/mol. The highest BCUT2D eigenvalue weighted by molar-refractivity contribution is 5.32. The molecule has 1 nitrogen and oxygen atoms in total. The van der Waals surface area contributed by atoms with Crippen molar-refractivity contribution in [2.24, 2.45) is 0 Å². The van der Waals surface area contributed by atoms with Crippen LogP contribution in [0.25, 0.3) is 0 Å². The summed E-state index contributed by atoms with van der Waals surface area (Å²) < 4.78 is 13.1. The molecule has 2 unspecified atom stereocenters. The Balaban J connectivity index is 2.28. The molecule has 0 aliphatic carbocycles. The fourth-order valence-corrected chi connectivity index (χ4v) is 2.18. The van der Waals surface area contributed by atoms with Gasteiger partial charge in [0, 0.05) is 5.92 Å². The predicted octanol–water partition coefficient (Wildman–Crippen LogP) is 3.97. The summed E-state index contributed by atoms with van der Waals surface area (Å²) in [5.74, 6) is -0.286. The van der Waals surface area contributed by atoms with Gasteiger partial charge in [0.1, 0.15) is 5.82 Å². The minimum atomic E-state index is -0.618. The third kappa shape index (κ3) is 2.59. The van der Waals surface area contributed by atoms with Crippen LogP contribution in [0.15, 0.2) is 48.5 Å². The average molecular weight is 244 g/mol. The molecule has 2 aromatic rings. The van der Waals surface area contributed by atoms with Crippen molar-refractivity contribution in [3.63, 3.8) is 0 Å². The van der Waals surface area contributed by atoms with Crippen LogP contribution in [-0.4, -0.2) is 5.11 Å². The van der Waals surface area contributed by atoms with E-state index in [1.165, 1.54) is 12.1 Å². The quantitative estimate of drug-likeness (QED) is 0.866. The van der Waals surface area contributed by atoms with Gasteiger partial charge in [-0.15, -0.1) is 0 Å². The molecule has 0 amide bonds. The van der Waals surface area contributed by atoms with Crippen LogP contribution in [-0.2, 0) is 0 Å². The van der Waals surface area contributed by atoms with Crippen LogP contribution in [0.1, 0.15) is 35.6 Å². The Labute approximate surface area is 107 Å². The summed E-state index contributed by atoms with van der Waals surface area (Å²) in [4.78, 5) is 0. The lowest BCUT2D eigenvalue weighted by atomic mass is 9.89. The minimum absolute atomic E-state index is 0.0182. The van der Waals surface area contributed by atoms with E-state index in [1.54, 1.807) is 6.07 Å². The maximum Gasteiger partial charge on any atom is 0.123 e. The summed E-state index contributed by atoms with van der Waals surface area (Å²) >= 11 is 0. The Bertz CT molecular complexity index is 522. The molecule has 0 bridgehead atoms. The first-order chi connectivity index (χ1) is 8.59. The molecule has 0 aliphatic heterocycles. The molecular weight excluding hydrogens is 227 g/mol. The Kier molecular flexibility index (Phi) is 3.78. The van der Waals surface area contributed by atoms with Gasteiger partial charge in [0.2, 0.25) is 0 Å². The third-order valence-electron chi connectivity index (χ3n) is 3.35. The van der Waals surface area contributed by atoms with E-state index < -0.39 is 6.10 Å². The van der Waals surface area contributed by atoms with E-state index in [9.17, 15) is 9.50 Å². The first-order valence-corrected chi connectivity index (χ1v) is 6.08. The van der Waals surface area contributed by atoms with E-state index in [-0.39, 0.29) is 11.7 Å². The summed E-state index contributed by atoms with van der Waals surface area (Å²) in [7, 11) is 0. The molecule has 18 heavy (non-hydrogen) atoms. The molecule has 2 rings (SSSR count). The van der Waals surface area contributed by atoms with Crippen LogP contribution in [0.2, 0.25) is 0 Å². The zero-order chi connectivity index (χ0) is 13.1. The Morgan fingerprint density at radius 3 is 2.33 bits per heavy atom. The highest BCUT2D eigenvalue weighted by Crippen LogP contribution is 2.32. The van der Waals surface area contributed by atoms with Gasteiger partial charge in [-0.05, 0) is 35.7 Å². The molecular formula is C16H17FO. The topological polar surface area (TPSA) is 20.2 Å². The van der Waals surface area contributed by atoms with Crippen LogP contribution in [0, 0.1) is 12.7 Å². The SMILES string of the molecule is Cc1cc(F)ccc1C(O)C(C)c1ccccc1. The van der Waals surface area contributed by atoms with Crippen LogP contribution < -0.4 is 0 Å². The summed E-state index contributed by atoms with van der Waals surface area (Å²) in [6.07, 6.45) is -0.618. The summed E-state index contributed by atoms with van der Waals surface area (Å²) in [6, 6.07) is 14.4. The van der Waals surface area contributed by atoms with Crippen LogP contribution >= 0.6 is 0 Å². The molecule has 0 aliphatic rings. The lowest BCUT2D eigenvalue weighted by molar-refractivity contribution is 0.151. The van der Waals surface area contributed by atoms with Gasteiger partial charge in [-0.1, -0.05) is 43.3 Å². The summed E-state index contributed by atoms with van der Waals surface area (Å²) in [6.45, 7) is 3.79. The Hall–Kier alpha value is -1.67. The van der Waals surface area contributed by atoms with Gasteiger partial charge in [0.15, 0.2) is 0 Å². The van der Waals surface area contributed by atoms with E-state index >= 15 is 0 Å². The summed E-state index contributed by atoms with van der Waals surface area (Å²) in [5.41, 5.74) is 2.65. The number of aryl methyl sites for hydroxylation is 1. The van der Waals surface area contributed by atoms with Crippen molar-refractivity contribution >= 4 is 0 Å². The van der Waals surface area contributed by atoms with Crippen molar-refractivity contribution < 1.29 is 9.50 Å². The van der Waals surface area contributed by atoms with E-state index in [0.717, 1.165) is 16.7 Å². The molecule has 0 radical (unpaired) electrons. The lowest BCUT2D eigenvalue weighted by Gasteiger charge is -2.21. The number of halogens is 1. The standard InChI is InChI=1S/C16H17FO/c1-11-10-14(17)8-9-15(11)16(18)12(2)13-6-4-3-5-7-13/h3-10,12,16,18H,1-2H3. The average Bonchev–Trinajstić information content (AvgIpc) is 2.38. The molecule has 0 spiro atoms. The van der Waals surface area contributed by atoms with Crippen LogP contribution in [0.4, 0.5) is 4.39 Å². The maximum absolute atomic E-state index is 13.1. The summed E-state index contributed by atoms with van der Waals surface area (Å²) in [5, 5.41) is 10.4. The second kappa shape index (κ2) is 5.32. The van der Waals surface area contributed by atoms with Crippen LogP contribution in [0.3, 0.4) is 0 Å². The minimum Gasteiger partial charge on any atom is -0.388 e. The molecule has 1 N–H and O–H groups in total. The normalized spacial score (nSPS) is 14.2. The van der Waals surface area contributed by atoms with Gasteiger partial charge in [0.25, 0.3) is 0 Å². The fourth-order valence-electron chi connectivity index (χ4n) is 2.18. The van der Waals surface area contributed by atoms with Gasteiger partial charge >= 0.3 is 0 Å². The maximum atomic E-state index is 13.1. The van der Waals surface area contributed by atoms with Crippen molar-refractivity contribution in [3.8, 4) is 0 Å². The smallest absolute Gasteiger partial charge is 0.123 e. The molecule has 0 fully saturated rings. The molecule has 0 saturated heterocycles. The van der Waals surface area contributed by atoms with Crippen LogP contribution in [0.5, 0.6) is 0 Å². The fraction of sp³-hybridized carbons (Fsp3) is 0.250. The zero-order valence-corrected chi connectivity index (χ0v) is 10.6. The molecule has 2 aromatic carbocycles. The molecule has 94 valence electrons. The molecule has 2 heteroatoms. The largest absolute Gasteiger partial charge is 0.388 e. The second-order valence-corrected chi connectivity index (χ2v) is 4.65. The Morgan fingerprint density at radius 2 is 1.72 bits per heavy atom. The third-order valence-corrected chi connectivity index (χ3v) is 3.35. The first kappa shape index (κ1) is 12.8. The second-order valence-electron chi connectivity index (χ2n) is 4.65. The molecule has 2 atom stereocenters. The van der Waals surface area contributed by atoms with E-state index in [1.807, 2.05) is 44.2 Å². The highest BCUT2D eigenvalue weighted by Gasteiger charge is 2.19. The molecule has 0 aromatic heterocycles. The van der Waals surface area contributed by atoms with Crippen molar-refractivity contribution in [3.05, 3.63) is 71.0 Å². The van der Waals surface area contributed by atoms with Crippen molar-refractivity contribution in [2.75, 3.05) is 0 Å². The van der Waals surface area contributed by atoms with Gasteiger partial charge in [-0.2, -0.15) is 0 Å². The monoisotopic (exact) mass is 244 g/mol. The van der Waals surface area contributed by atoms with Gasteiger partial charge in [0.05, 0.1) is 6.10 Å². The number of hydrogen-bond acceptors (Lipinski definition) is 1. The van der Waals surface area contributed by atoms with E-state index in [0.29, 0.717) is 0 Å². The zero-order valence-electron chi connectivity index (χ0n) is 10.6. The van der Waals surface area contributed by atoms with Gasteiger partial charge in [-0.3, -0.25) is 0 Å². The number of hydrogen-bond donors (Lipinski definition) is 1. The highest BCUT2D eigenvalue weighted by atomic mass is 19.1. The number of rotatable bonds is 3. The van der Waals surface area contributed by atoms with Crippen molar-refractivity contribution in [1.29, 1.82) is 0 Å². The van der Waals surface area contributed by atoms with Gasteiger partial charge < -0.3 is 5.11 Å². The Morgan fingerprint density at radius 1 is 1.06 bits per heavy atom. The number of benzene rings is 2. The number of aliphatic hydroxyl groups is 1. The van der Waals surface area contributed by atoms with Crippen molar-refractivity contribution in [2.45, 2.75) is 25.9 Å². The van der Waals surface area contributed by atoms with E-state index in [4.69, 9.17) is 0 Å².